The second-order valence-corrected chi connectivity index (χ2v) is 6.12. The maximum Gasteiger partial charge on any atom is 0.115 e. The molecular weight excluding hydrogens is 333 g/mol. The van der Waals surface area contributed by atoms with Crippen LogP contribution < -0.4 is 4.90 Å². The van der Waals surface area contributed by atoms with Gasteiger partial charge in [0.25, 0.3) is 0 Å². The highest BCUT2D eigenvalue weighted by Gasteiger charge is 2.24. The summed E-state index contributed by atoms with van der Waals surface area (Å²) >= 11 is 19.0. The minimum Gasteiger partial charge on any atom is -0.378 e. The molecule has 1 aliphatic rings. The van der Waals surface area contributed by atoms with Crippen LogP contribution in [0.2, 0.25) is 15.1 Å². The van der Waals surface area contributed by atoms with Gasteiger partial charge in [-0.05, 0) is 13.8 Å². The van der Waals surface area contributed by atoms with Crippen LogP contribution in [0, 0.1) is 13.8 Å². The number of hydrogen-bond acceptors (Lipinski definition) is 4. The van der Waals surface area contributed by atoms with Gasteiger partial charge in [0.2, 0.25) is 0 Å². The van der Waals surface area contributed by atoms with Gasteiger partial charge >= 0.3 is 0 Å². The molecule has 0 saturated carbocycles. The van der Waals surface area contributed by atoms with E-state index in [0.717, 1.165) is 30.2 Å². The third-order valence-corrected chi connectivity index (χ3v) is 4.97. The molecule has 1 fully saturated rings. The van der Waals surface area contributed by atoms with Crippen molar-refractivity contribution in [1.29, 1.82) is 0 Å². The van der Waals surface area contributed by atoms with Crippen LogP contribution >= 0.6 is 34.8 Å². The lowest BCUT2D eigenvalue weighted by Crippen LogP contribution is -2.36. The number of halogens is 3. The molecule has 0 unspecified atom stereocenters. The van der Waals surface area contributed by atoms with E-state index in [0.29, 0.717) is 39.3 Å². The fourth-order valence-corrected chi connectivity index (χ4v) is 3.16. The first kappa shape index (κ1) is 15.1. The molecule has 0 radical (unpaired) electrons. The Morgan fingerprint density at radius 2 is 1.43 bits per heavy atom. The summed E-state index contributed by atoms with van der Waals surface area (Å²) in [6.45, 7) is 6.59. The Kier molecular flexibility index (Phi) is 4.14. The van der Waals surface area contributed by atoms with Crippen molar-refractivity contribution < 1.29 is 4.74 Å². The number of ether oxygens (including phenoxy) is 1. The lowest BCUT2D eigenvalue weighted by atomic mass is 10.2. The summed E-state index contributed by atoms with van der Waals surface area (Å²) in [5.41, 5.74) is 3.76. The summed E-state index contributed by atoms with van der Waals surface area (Å²) in [5.74, 6) is 0. The van der Waals surface area contributed by atoms with E-state index >= 15 is 0 Å². The van der Waals surface area contributed by atoms with Crippen LogP contribution in [-0.2, 0) is 4.74 Å². The predicted octanol–water partition coefficient (Wildman–Crippen LogP) is 4.04. The Morgan fingerprint density at radius 1 is 0.857 bits per heavy atom. The molecule has 2 aromatic rings. The number of hydrogen-bond donors (Lipinski definition) is 0. The van der Waals surface area contributed by atoms with Gasteiger partial charge in [-0.2, -0.15) is 0 Å². The number of nitrogens with zero attached hydrogens (tertiary/aromatic N) is 3. The van der Waals surface area contributed by atoms with Crippen molar-refractivity contribution in [2.75, 3.05) is 31.2 Å². The third-order valence-electron chi connectivity index (χ3n) is 3.66. The number of benzene rings is 1. The van der Waals surface area contributed by atoms with Crippen LogP contribution in [0.4, 0.5) is 5.69 Å². The van der Waals surface area contributed by atoms with Gasteiger partial charge in [0.05, 0.1) is 45.4 Å². The molecule has 0 aliphatic carbocycles. The van der Waals surface area contributed by atoms with Crippen molar-refractivity contribution in [2.24, 2.45) is 0 Å². The fourth-order valence-electron chi connectivity index (χ4n) is 2.41. The molecule has 1 aromatic carbocycles. The molecule has 0 N–H and O–H groups in total. The lowest BCUT2D eigenvalue weighted by molar-refractivity contribution is 0.123. The second kappa shape index (κ2) is 5.76. The summed E-state index contributed by atoms with van der Waals surface area (Å²) in [4.78, 5) is 11.3. The van der Waals surface area contributed by atoms with Gasteiger partial charge in [0, 0.05) is 13.1 Å². The van der Waals surface area contributed by atoms with E-state index in [1.807, 2.05) is 13.8 Å². The SMILES string of the molecule is Cc1nc2c(Cl)c(Cl)c(Cl)c(N3CCOCC3)c2nc1C. The van der Waals surface area contributed by atoms with Crippen LogP contribution in [0.25, 0.3) is 11.0 Å². The largest absolute Gasteiger partial charge is 0.378 e. The summed E-state index contributed by atoms with van der Waals surface area (Å²) in [5, 5.41) is 1.10. The molecule has 112 valence electrons. The van der Waals surface area contributed by atoms with E-state index in [1.165, 1.54) is 0 Å². The first-order chi connectivity index (χ1) is 10.0. The smallest absolute Gasteiger partial charge is 0.115 e. The molecule has 1 aromatic heterocycles. The topological polar surface area (TPSA) is 38.2 Å². The zero-order chi connectivity index (χ0) is 15.1. The third kappa shape index (κ3) is 2.55. The molecular formula is C14H14Cl3N3O. The Balaban J connectivity index is 2.33. The monoisotopic (exact) mass is 345 g/mol. The quantitative estimate of drug-likeness (QED) is 0.730. The van der Waals surface area contributed by atoms with E-state index in [2.05, 4.69) is 14.9 Å². The molecule has 0 spiro atoms. The molecule has 21 heavy (non-hydrogen) atoms. The number of anilines is 1. The predicted molar refractivity (Wildman–Crippen MR) is 87.1 cm³/mol. The normalized spacial score (nSPS) is 15.8. The van der Waals surface area contributed by atoms with Crippen LogP contribution in [0.3, 0.4) is 0 Å². The number of fused-ring (bicyclic) bond motifs is 1. The standard InChI is InChI=1S/C14H14Cl3N3O/c1-7-8(2)19-13-12(18-7)10(16)9(15)11(17)14(13)20-3-5-21-6-4-20/h3-6H2,1-2H3. The fraction of sp³-hybridized carbons (Fsp3) is 0.429. The molecule has 3 rings (SSSR count). The van der Waals surface area contributed by atoms with Gasteiger partial charge in [-0.3, -0.25) is 0 Å². The van der Waals surface area contributed by atoms with Crippen molar-refractivity contribution in [3.63, 3.8) is 0 Å². The van der Waals surface area contributed by atoms with Gasteiger partial charge in [-0.25, -0.2) is 9.97 Å². The van der Waals surface area contributed by atoms with E-state index in [1.54, 1.807) is 0 Å². The molecule has 0 bridgehead atoms. The highest BCUT2D eigenvalue weighted by Crippen LogP contribution is 2.44. The average molecular weight is 347 g/mol. The van der Waals surface area contributed by atoms with Crippen molar-refractivity contribution in [1.82, 2.24) is 9.97 Å². The van der Waals surface area contributed by atoms with E-state index in [9.17, 15) is 0 Å². The van der Waals surface area contributed by atoms with Crippen molar-refractivity contribution in [3.05, 3.63) is 26.5 Å². The first-order valence-corrected chi connectivity index (χ1v) is 7.78. The number of aromatic nitrogens is 2. The lowest BCUT2D eigenvalue weighted by Gasteiger charge is -2.30. The summed E-state index contributed by atoms with van der Waals surface area (Å²) in [6, 6.07) is 0. The highest BCUT2D eigenvalue weighted by atomic mass is 35.5. The van der Waals surface area contributed by atoms with Crippen LogP contribution in [0.15, 0.2) is 0 Å². The molecule has 1 aliphatic heterocycles. The molecule has 1 saturated heterocycles. The minimum absolute atomic E-state index is 0.324. The maximum atomic E-state index is 6.44. The number of aryl methyl sites for hydroxylation is 2. The Morgan fingerprint density at radius 3 is 2.05 bits per heavy atom. The van der Waals surface area contributed by atoms with E-state index < -0.39 is 0 Å². The van der Waals surface area contributed by atoms with Gasteiger partial charge in [0.1, 0.15) is 11.0 Å². The molecule has 2 heterocycles. The average Bonchev–Trinajstić information content (AvgIpc) is 2.49. The van der Waals surface area contributed by atoms with Gasteiger partial charge < -0.3 is 9.64 Å². The minimum atomic E-state index is 0.324. The first-order valence-electron chi connectivity index (χ1n) is 6.64. The van der Waals surface area contributed by atoms with Crippen LogP contribution in [0.5, 0.6) is 0 Å². The second-order valence-electron chi connectivity index (χ2n) is 4.98. The molecule has 7 heteroatoms. The summed E-state index contributed by atoms with van der Waals surface area (Å²) < 4.78 is 5.39. The van der Waals surface area contributed by atoms with Crippen molar-refractivity contribution >= 4 is 51.5 Å². The van der Waals surface area contributed by atoms with Gasteiger partial charge in [-0.15, -0.1) is 0 Å². The zero-order valence-corrected chi connectivity index (χ0v) is 14.0. The molecule has 4 nitrogen and oxygen atoms in total. The van der Waals surface area contributed by atoms with Crippen LogP contribution in [0.1, 0.15) is 11.4 Å². The van der Waals surface area contributed by atoms with Crippen molar-refractivity contribution in [3.8, 4) is 0 Å². The summed E-state index contributed by atoms with van der Waals surface area (Å²) in [7, 11) is 0. The van der Waals surface area contributed by atoms with Crippen molar-refractivity contribution in [2.45, 2.75) is 13.8 Å². The zero-order valence-electron chi connectivity index (χ0n) is 11.7. The van der Waals surface area contributed by atoms with E-state index in [-0.39, 0.29) is 0 Å². The maximum absolute atomic E-state index is 6.44. The van der Waals surface area contributed by atoms with Gasteiger partial charge in [0.15, 0.2) is 0 Å². The number of rotatable bonds is 1. The Hall–Kier alpha value is -0.810. The molecule has 0 amide bonds. The van der Waals surface area contributed by atoms with E-state index in [4.69, 9.17) is 39.5 Å². The van der Waals surface area contributed by atoms with Crippen LogP contribution in [-0.4, -0.2) is 36.3 Å². The Labute approximate surface area is 138 Å². The summed E-state index contributed by atoms with van der Waals surface area (Å²) in [6.07, 6.45) is 0. The molecule has 0 atom stereocenters. The highest BCUT2D eigenvalue weighted by molar-refractivity contribution is 6.52. The van der Waals surface area contributed by atoms with Gasteiger partial charge in [-0.1, -0.05) is 34.8 Å². The Bertz CT molecular complexity index is 715. The number of morpholine rings is 1.